The third-order valence-electron chi connectivity index (χ3n) is 4.76. The molecule has 0 saturated heterocycles. The second-order valence-corrected chi connectivity index (χ2v) is 8.59. The van der Waals surface area contributed by atoms with Crippen molar-refractivity contribution in [2.75, 3.05) is 13.6 Å². The van der Waals surface area contributed by atoms with Crippen LogP contribution in [-0.4, -0.2) is 49.1 Å². The number of alkyl halides is 9. The Kier molecular flexibility index (Phi) is 11.7. The molecule has 0 aliphatic rings. The van der Waals surface area contributed by atoms with Crippen molar-refractivity contribution in [3.05, 3.63) is 81.2 Å². The number of halogens is 12. The van der Waals surface area contributed by atoms with Gasteiger partial charge in [-0.05, 0) is 36.3 Å². The third-order valence-corrected chi connectivity index (χ3v) is 5.31. The molecule has 0 aliphatic carbocycles. The van der Waals surface area contributed by atoms with E-state index in [1.807, 2.05) is 0 Å². The molecular weight excluding hydrogens is 611 g/mol. The molecule has 0 aliphatic heterocycles. The molecule has 40 heavy (non-hydrogen) atoms. The van der Waals surface area contributed by atoms with Gasteiger partial charge >= 0.3 is 24.6 Å². The van der Waals surface area contributed by atoms with Crippen LogP contribution >= 0.6 is 23.2 Å². The first kappa shape index (κ1) is 34.8. The van der Waals surface area contributed by atoms with Crippen molar-refractivity contribution >= 4 is 35.1 Å². The van der Waals surface area contributed by atoms with Crippen LogP contribution in [0.15, 0.2) is 59.7 Å². The summed E-state index contributed by atoms with van der Waals surface area (Å²) in [4.78, 5) is 23.9. The second-order valence-electron chi connectivity index (χ2n) is 7.77. The number of amides is 3. The van der Waals surface area contributed by atoms with Crippen molar-refractivity contribution in [1.29, 1.82) is 0 Å². The van der Waals surface area contributed by atoms with E-state index in [4.69, 9.17) is 23.2 Å². The van der Waals surface area contributed by atoms with Gasteiger partial charge in [0.1, 0.15) is 6.54 Å². The van der Waals surface area contributed by atoms with Crippen LogP contribution in [0.3, 0.4) is 0 Å². The molecule has 0 bridgehead atoms. The number of hydrogen-bond acceptors (Lipinski definition) is 2. The standard InChI is InChI=1S/C23H19Cl2F10N3O2/c1-4-12(5-6-14(22(30,31)32)13-8-16(24)18(26)17(25)9-13)7-15(23(33,34)35)11(2)19(39)37-38(3)20(40)36-10-21(27,28)29/h4-9,14H,2,10H2,1,3H3,(H,36,40)(H,37,39)/b6-5+,12-4-,15-7+. The Balaban J connectivity index is 3.31. The summed E-state index contributed by atoms with van der Waals surface area (Å²) in [7, 11) is 0.735. The molecule has 1 atom stereocenters. The monoisotopic (exact) mass is 629 g/mol. The van der Waals surface area contributed by atoms with Gasteiger partial charge in [-0.15, -0.1) is 0 Å². The zero-order valence-electron chi connectivity index (χ0n) is 20.3. The molecular formula is C23H19Cl2F10N3O2. The minimum absolute atomic E-state index is 0.136. The molecule has 2 N–H and O–H groups in total. The summed E-state index contributed by atoms with van der Waals surface area (Å²) in [6.45, 7) is 2.35. The van der Waals surface area contributed by atoms with Gasteiger partial charge in [0.25, 0.3) is 5.91 Å². The largest absolute Gasteiger partial charge is 0.417 e. The molecule has 1 aromatic carbocycles. The number of hydrogen-bond donors (Lipinski definition) is 2. The Bertz CT molecular complexity index is 1200. The summed E-state index contributed by atoms with van der Waals surface area (Å²) in [6, 6.07) is -0.233. The van der Waals surface area contributed by atoms with Crippen LogP contribution in [0.2, 0.25) is 10.0 Å². The molecule has 1 unspecified atom stereocenters. The zero-order valence-corrected chi connectivity index (χ0v) is 21.8. The number of rotatable bonds is 7. The first-order valence-electron chi connectivity index (χ1n) is 10.5. The zero-order chi connectivity index (χ0) is 31.2. The summed E-state index contributed by atoms with van der Waals surface area (Å²) < 4.78 is 133. The maximum Gasteiger partial charge on any atom is 0.417 e. The molecule has 0 radical (unpaired) electrons. The van der Waals surface area contributed by atoms with Gasteiger partial charge in [-0.2, -0.15) is 39.5 Å². The predicted octanol–water partition coefficient (Wildman–Crippen LogP) is 7.56. The van der Waals surface area contributed by atoms with E-state index in [0.29, 0.717) is 24.3 Å². The smallest absolute Gasteiger partial charge is 0.327 e. The molecule has 0 spiro atoms. The average Bonchev–Trinajstić information content (AvgIpc) is 2.80. The molecule has 0 fully saturated rings. The molecule has 222 valence electrons. The van der Waals surface area contributed by atoms with Crippen LogP contribution in [-0.2, 0) is 4.79 Å². The lowest BCUT2D eigenvalue weighted by molar-refractivity contribution is -0.139. The predicted molar refractivity (Wildman–Crippen MR) is 127 cm³/mol. The summed E-state index contributed by atoms with van der Waals surface area (Å²) in [5.41, 5.74) is -2.58. The first-order chi connectivity index (χ1) is 18.1. The van der Waals surface area contributed by atoms with Crippen LogP contribution in [0.4, 0.5) is 48.7 Å². The van der Waals surface area contributed by atoms with Crippen LogP contribution < -0.4 is 10.7 Å². The fourth-order valence-corrected chi connectivity index (χ4v) is 3.30. The van der Waals surface area contributed by atoms with Crippen molar-refractivity contribution < 1.29 is 53.5 Å². The van der Waals surface area contributed by atoms with Gasteiger partial charge in [0, 0.05) is 12.6 Å². The Morgan fingerprint density at radius 3 is 2.00 bits per heavy atom. The van der Waals surface area contributed by atoms with Gasteiger partial charge in [0.15, 0.2) is 5.82 Å². The Morgan fingerprint density at radius 1 is 1.05 bits per heavy atom. The van der Waals surface area contributed by atoms with Crippen LogP contribution in [0, 0.1) is 5.82 Å². The number of urea groups is 1. The van der Waals surface area contributed by atoms with E-state index in [1.54, 1.807) is 5.43 Å². The Hall–Kier alpha value is -3.20. The van der Waals surface area contributed by atoms with Gasteiger partial charge in [0.05, 0.1) is 21.5 Å². The maximum absolute atomic E-state index is 13.7. The van der Waals surface area contributed by atoms with Gasteiger partial charge in [-0.1, -0.05) is 48.0 Å². The lowest BCUT2D eigenvalue weighted by Gasteiger charge is -2.21. The van der Waals surface area contributed by atoms with E-state index in [1.165, 1.54) is 12.2 Å². The normalized spacial score (nSPS) is 14.2. The molecule has 17 heteroatoms. The molecule has 0 saturated carbocycles. The van der Waals surface area contributed by atoms with E-state index >= 15 is 0 Å². The van der Waals surface area contributed by atoms with Gasteiger partial charge in [0.2, 0.25) is 0 Å². The molecule has 1 rings (SSSR count). The number of nitrogens with zero attached hydrogens (tertiary/aromatic N) is 1. The lowest BCUT2D eigenvalue weighted by atomic mass is 9.96. The van der Waals surface area contributed by atoms with E-state index < -0.39 is 81.1 Å². The van der Waals surface area contributed by atoms with Crippen molar-refractivity contribution in [3.8, 4) is 0 Å². The average molecular weight is 630 g/mol. The van der Waals surface area contributed by atoms with Crippen LogP contribution in [0.25, 0.3) is 0 Å². The highest BCUT2D eigenvalue weighted by molar-refractivity contribution is 6.35. The lowest BCUT2D eigenvalue weighted by Crippen LogP contribution is -2.50. The number of hydrazine groups is 1. The number of nitrogens with one attached hydrogen (secondary N) is 2. The SMILES string of the molecule is C=C(C(=O)NN(C)C(=O)NCC(F)(F)F)\C(=C/C(=C\C)/C=C/C(c1cc(Cl)c(F)c(Cl)c1)C(F)(F)F)C(F)(F)F. The van der Waals surface area contributed by atoms with Gasteiger partial charge in [-0.3, -0.25) is 10.2 Å². The maximum atomic E-state index is 13.7. The van der Waals surface area contributed by atoms with Crippen LogP contribution in [0.1, 0.15) is 18.4 Å². The third kappa shape index (κ3) is 10.4. The topological polar surface area (TPSA) is 61.4 Å². The number of allylic oxidation sites excluding steroid dienone is 5. The van der Waals surface area contributed by atoms with E-state index in [9.17, 15) is 53.5 Å². The molecule has 0 aromatic heterocycles. The summed E-state index contributed by atoms with van der Waals surface area (Å²) in [5, 5.41) is 0.0455. The van der Waals surface area contributed by atoms with E-state index in [0.717, 1.165) is 13.1 Å². The fraction of sp³-hybridized carbons (Fsp3) is 0.304. The highest BCUT2D eigenvalue weighted by atomic mass is 35.5. The quantitative estimate of drug-likeness (QED) is 0.107. The van der Waals surface area contributed by atoms with Crippen molar-refractivity contribution in [1.82, 2.24) is 15.8 Å². The van der Waals surface area contributed by atoms with Crippen molar-refractivity contribution in [3.63, 3.8) is 0 Å². The summed E-state index contributed by atoms with van der Waals surface area (Å²) in [5.74, 6) is -5.32. The first-order valence-corrected chi connectivity index (χ1v) is 11.3. The molecule has 5 nitrogen and oxygen atoms in total. The van der Waals surface area contributed by atoms with Crippen molar-refractivity contribution in [2.24, 2.45) is 0 Å². The molecule has 0 heterocycles. The highest BCUT2D eigenvalue weighted by Crippen LogP contribution is 2.39. The van der Waals surface area contributed by atoms with E-state index in [-0.39, 0.29) is 11.1 Å². The second kappa shape index (κ2) is 13.4. The highest BCUT2D eigenvalue weighted by Gasteiger charge is 2.40. The van der Waals surface area contributed by atoms with E-state index in [2.05, 4.69) is 6.58 Å². The Morgan fingerprint density at radius 2 is 1.57 bits per heavy atom. The van der Waals surface area contributed by atoms with Crippen LogP contribution in [0.5, 0.6) is 0 Å². The molecule has 1 aromatic rings. The number of carbonyl (C=O) groups is 2. The Labute approximate surface area is 230 Å². The van der Waals surface area contributed by atoms with Gasteiger partial charge < -0.3 is 5.32 Å². The van der Waals surface area contributed by atoms with Crippen molar-refractivity contribution in [2.45, 2.75) is 31.4 Å². The fourth-order valence-electron chi connectivity index (χ4n) is 2.79. The van der Waals surface area contributed by atoms with Gasteiger partial charge in [-0.25, -0.2) is 14.2 Å². The number of benzene rings is 1. The molecule has 3 amide bonds. The number of carbonyl (C=O) groups excluding carboxylic acids is 2. The minimum Gasteiger partial charge on any atom is -0.327 e. The summed E-state index contributed by atoms with van der Waals surface area (Å²) in [6.07, 6.45) is -12.8. The summed E-state index contributed by atoms with van der Waals surface area (Å²) >= 11 is 11.1. The minimum atomic E-state index is -5.30.